The van der Waals surface area contributed by atoms with Crippen molar-refractivity contribution in [3.05, 3.63) is 12.4 Å². The Morgan fingerprint density at radius 2 is 2.44 bits per heavy atom. The number of aromatic nitrogens is 2. The van der Waals surface area contributed by atoms with E-state index < -0.39 is 0 Å². The number of imidazole rings is 1. The molecule has 1 fully saturated rings. The highest BCUT2D eigenvalue weighted by molar-refractivity contribution is 5.25. The quantitative estimate of drug-likeness (QED) is 0.775. The molecule has 1 aromatic rings. The third-order valence-electron chi connectivity index (χ3n) is 3.48. The lowest BCUT2D eigenvalue weighted by molar-refractivity contribution is 0.194. The van der Waals surface area contributed by atoms with Crippen LogP contribution in [0.5, 0.6) is 0 Å². The van der Waals surface area contributed by atoms with Crippen LogP contribution in [0.3, 0.4) is 0 Å². The van der Waals surface area contributed by atoms with E-state index in [0.29, 0.717) is 6.61 Å². The molecule has 0 aliphatic carbocycles. The average Bonchev–Trinajstić information content (AvgIpc) is 2.77. The van der Waals surface area contributed by atoms with Crippen LogP contribution in [0.4, 0.5) is 5.95 Å². The molecule has 18 heavy (non-hydrogen) atoms. The standard InChI is InChI=1S/C13H24N4O/c1-16-7-3-4-12(10-16)11-17-8-5-14-13(17)15-6-9-18-2/h5,8,12H,3-4,6-7,9-11H2,1-2H3,(H,14,15). The van der Waals surface area contributed by atoms with E-state index in [1.54, 1.807) is 7.11 Å². The van der Waals surface area contributed by atoms with Gasteiger partial charge in [-0.25, -0.2) is 4.98 Å². The number of anilines is 1. The number of rotatable bonds is 6. The number of methoxy groups -OCH3 is 1. The molecular formula is C13H24N4O. The van der Waals surface area contributed by atoms with E-state index >= 15 is 0 Å². The number of likely N-dealkylation sites (tertiary alicyclic amines) is 1. The molecule has 1 saturated heterocycles. The average molecular weight is 252 g/mol. The van der Waals surface area contributed by atoms with E-state index in [1.807, 2.05) is 6.20 Å². The molecule has 0 spiro atoms. The van der Waals surface area contributed by atoms with Gasteiger partial charge in [-0.05, 0) is 32.4 Å². The molecule has 5 nitrogen and oxygen atoms in total. The molecule has 0 radical (unpaired) electrons. The Bertz CT molecular complexity index is 353. The normalized spacial score (nSPS) is 21.1. The second kappa shape index (κ2) is 6.75. The first-order valence-corrected chi connectivity index (χ1v) is 6.72. The van der Waals surface area contributed by atoms with Gasteiger partial charge in [0, 0.05) is 39.1 Å². The van der Waals surface area contributed by atoms with Crippen LogP contribution in [0.2, 0.25) is 0 Å². The molecule has 2 rings (SSSR count). The van der Waals surface area contributed by atoms with Crippen LogP contribution in [0.1, 0.15) is 12.8 Å². The van der Waals surface area contributed by atoms with Crippen molar-refractivity contribution in [2.75, 3.05) is 45.7 Å². The van der Waals surface area contributed by atoms with Gasteiger partial charge in [-0.1, -0.05) is 0 Å². The maximum Gasteiger partial charge on any atom is 0.202 e. The summed E-state index contributed by atoms with van der Waals surface area (Å²) in [6.45, 7) is 4.99. The second-order valence-corrected chi connectivity index (χ2v) is 5.09. The van der Waals surface area contributed by atoms with Gasteiger partial charge in [0.05, 0.1) is 6.61 Å². The molecule has 0 saturated carbocycles. The van der Waals surface area contributed by atoms with Crippen LogP contribution in [0.15, 0.2) is 12.4 Å². The SMILES string of the molecule is COCCNc1nccn1CC1CCCN(C)C1. The maximum atomic E-state index is 5.04. The number of hydrogen-bond acceptors (Lipinski definition) is 4. The number of hydrogen-bond donors (Lipinski definition) is 1. The summed E-state index contributed by atoms with van der Waals surface area (Å²) in [5.74, 6) is 1.70. The van der Waals surface area contributed by atoms with Crippen LogP contribution in [-0.4, -0.2) is 54.8 Å². The van der Waals surface area contributed by atoms with E-state index in [2.05, 4.69) is 33.0 Å². The van der Waals surface area contributed by atoms with Gasteiger partial charge in [0.25, 0.3) is 0 Å². The minimum atomic E-state index is 0.707. The predicted molar refractivity (Wildman–Crippen MR) is 72.8 cm³/mol. The highest BCUT2D eigenvalue weighted by Crippen LogP contribution is 2.18. The molecule has 5 heteroatoms. The Morgan fingerprint density at radius 1 is 1.56 bits per heavy atom. The Kier molecular flexibility index (Phi) is 5.01. The van der Waals surface area contributed by atoms with Crippen LogP contribution in [0, 0.1) is 5.92 Å². The summed E-state index contributed by atoms with van der Waals surface area (Å²) in [5, 5.41) is 3.31. The topological polar surface area (TPSA) is 42.3 Å². The first-order chi connectivity index (χ1) is 8.79. The number of ether oxygens (including phenoxy) is 1. The van der Waals surface area contributed by atoms with Gasteiger partial charge in [0.15, 0.2) is 0 Å². The lowest BCUT2D eigenvalue weighted by Crippen LogP contribution is -2.34. The van der Waals surface area contributed by atoms with E-state index in [-0.39, 0.29) is 0 Å². The minimum absolute atomic E-state index is 0.707. The van der Waals surface area contributed by atoms with Gasteiger partial charge in [0.1, 0.15) is 0 Å². The first-order valence-electron chi connectivity index (χ1n) is 6.72. The lowest BCUT2D eigenvalue weighted by Gasteiger charge is -2.30. The lowest BCUT2D eigenvalue weighted by atomic mass is 9.98. The summed E-state index contributed by atoms with van der Waals surface area (Å²) in [7, 11) is 3.92. The fourth-order valence-electron chi connectivity index (χ4n) is 2.59. The zero-order valence-corrected chi connectivity index (χ0v) is 11.4. The Balaban J connectivity index is 1.86. The van der Waals surface area contributed by atoms with E-state index in [4.69, 9.17) is 4.74 Å². The minimum Gasteiger partial charge on any atom is -0.383 e. The van der Waals surface area contributed by atoms with Gasteiger partial charge in [-0.15, -0.1) is 0 Å². The molecule has 1 aromatic heterocycles. The van der Waals surface area contributed by atoms with Crippen molar-refractivity contribution in [2.24, 2.45) is 5.92 Å². The largest absolute Gasteiger partial charge is 0.383 e. The van der Waals surface area contributed by atoms with E-state index in [0.717, 1.165) is 25.0 Å². The smallest absolute Gasteiger partial charge is 0.202 e. The Labute approximate surface area is 109 Å². The highest BCUT2D eigenvalue weighted by atomic mass is 16.5. The van der Waals surface area contributed by atoms with Gasteiger partial charge < -0.3 is 19.5 Å². The summed E-state index contributed by atoms with van der Waals surface area (Å²) in [6.07, 6.45) is 6.55. The van der Waals surface area contributed by atoms with Crippen molar-refractivity contribution in [3.8, 4) is 0 Å². The summed E-state index contributed by atoms with van der Waals surface area (Å²) >= 11 is 0. The molecule has 2 heterocycles. The highest BCUT2D eigenvalue weighted by Gasteiger charge is 2.18. The van der Waals surface area contributed by atoms with E-state index in [1.165, 1.54) is 25.9 Å². The summed E-state index contributed by atoms with van der Waals surface area (Å²) < 4.78 is 7.26. The van der Waals surface area contributed by atoms with Crippen LogP contribution in [-0.2, 0) is 11.3 Å². The molecule has 1 aliphatic heterocycles. The monoisotopic (exact) mass is 252 g/mol. The summed E-state index contributed by atoms with van der Waals surface area (Å²) in [6, 6.07) is 0. The predicted octanol–water partition coefficient (Wildman–Crippen LogP) is 1.28. The first kappa shape index (κ1) is 13.4. The van der Waals surface area contributed by atoms with Crippen molar-refractivity contribution < 1.29 is 4.74 Å². The zero-order valence-electron chi connectivity index (χ0n) is 11.4. The van der Waals surface area contributed by atoms with Crippen LogP contribution >= 0.6 is 0 Å². The van der Waals surface area contributed by atoms with Gasteiger partial charge in [0.2, 0.25) is 5.95 Å². The number of piperidine rings is 1. The number of nitrogens with zero attached hydrogens (tertiary/aromatic N) is 3. The molecule has 0 amide bonds. The van der Waals surface area contributed by atoms with Crippen molar-refractivity contribution in [3.63, 3.8) is 0 Å². The molecule has 0 aromatic carbocycles. The molecule has 1 unspecified atom stereocenters. The van der Waals surface area contributed by atoms with Crippen LogP contribution in [0.25, 0.3) is 0 Å². The molecular weight excluding hydrogens is 228 g/mol. The molecule has 1 N–H and O–H groups in total. The maximum absolute atomic E-state index is 5.04. The van der Waals surface area contributed by atoms with Gasteiger partial charge >= 0.3 is 0 Å². The summed E-state index contributed by atoms with van der Waals surface area (Å²) in [5.41, 5.74) is 0. The Morgan fingerprint density at radius 3 is 3.22 bits per heavy atom. The van der Waals surface area contributed by atoms with Crippen molar-refractivity contribution in [1.29, 1.82) is 0 Å². The third-order valence-corrected chi connectivity index (χ3v) is 3.48. The van der Waals surface area contributed by atoms with Gasteiger partial charge in [-0.2, -0.15) is 0 Å². The third kappa shape index (κ3) is 3.71. The zero-order chi connectivity index (χ0) is 12.8. The fourth-order valence-corrected chi connectivity index (χ4v) is 2.59. The van der Waals surface area contributed by atoms with Crippen molar-refractivity contribution >= 4 is 5.95 Å². The van der Waals surface area contributed by atoms with Gasteiger partial charge in [-0.3, -0.25) is 0 Å². The van der Waals surface area contributed by atoms with Crippen LogP contribution < -0.4 is 5.32 Å². The molecule has 1 atom stereocenters. The second-order valence-electron chi connectivity index (χ2n) is 5.09. The molecule has 0 bridgehead atoms. The molecule has 1 aliphatic rings. The Hall–Kier alpha value is -1.07. The summed E-state index contributed by atoms with van der Waals surface area (Å²) in [4.78, 5) is 6.77. The number of nitrogens with one attached hydrogen (secondary N) is 1. The van der Waals surface area contributed by atoms with Crippen molar-refractivity contribution in [2.45, 2.75) is 19.4 Å². The molecule has 102 valence electrons. The van der Waals surface area contributed by atoms with E-state index in [9.17, 15) is 0 Å². The van der Waals surface area contributed by atoms with Crippen molar-refractivity contribution in [1.82, 2.24) is 14.5 Å². The fraction of sp³-hybridized carbons (Fsp3) is 0.769.